The molecule has 2 aromatic heterocycles. The third-order valence-electron chi connectivity index (χ3n) is 4.21. The van der Waals surface area contributed by atoms with Crippen molar-refractivity contribution in [2.24, 2.45) is 0 Å². The second-order valence-electron chi connectivity index (χ2n) is 6.32. The Bertz CT molecular complexity index is 1230. The number of thiophene rings is 1. The average molecular weight is 469 g/mol. The van der Waals surface area contributed by atoms with Gasteiger partial charge < -0.3 is 15.4 Å². The predicted molar refractivity (Wildman–Crippen MR) is 118 cm³/mol. The van der Waals surface area contributed by atoms with E-state index in [0.717, 1.165) is 22.2 Å². The minimum atomic E-state index is -3.71. The molecule has 3 rings (SSSR count). The lowest BCUT2D eigenvalue weighted by atomic mass is 10.2. The van der Waals surface area contributed by atoms with Crippen LogP contribution in [0.1, 0.15) is 10.4 Å². The number of amides is 1. The van der Waals surface area contributed by atoms with E-state index in [0.29, 0.717) is 21.1 Å². The topological polar surface area (TPSA) is 141 Å². The van der Waals surface area contributed by atoms with Crippen molar-refractivity contribution < 1.29 is 18.3 Å². The van der Waals surface area contributed by atoms with Gasteiger partial charge in [-0.05, 0) is 43.7 Å². The molecule has 4 N–H and O–H groups in total. The Morgan fingerprint density at radius 3 is 2.63 bits per heavy atom. The Hall–Kier alpha value is -2.25. The van der Waals surface area contributed by atoms with Crippen molar-refractivity contribution in [3.8, 4) is 0 Å². The number of aliphatic hydroxyl groups excluding tert-OH is 1. The van der Waals surface area contributed by atoms with Crippen LogP contribution < -0.4 is 15.6 Å². The number of nitrogens with one attached hydrogen (secondary N) is 3. The van der Waals surface area contributed by atoms with Gasteiger partial charge in [-0.3, -0.25) is 9.59 Å². The van der Waals surface area contributed by atoms with E-state index >= 15 is 0 Å². The van der Waals surface area contributed by atoms with Crippen LogP contribution in [0.3, 0.4) is 0 Å². The highest BCUT2D eigenvalue weighted by Gasteiger charge is 2.15. The summed E-state index contributed by atoms with van der Waals surface area (Å²) >= 11 is 2.55. The Kier molecular flexibility index (Phi) is 6.93. The van der Waals surface area contributed by atoms with Crippen LogP contribution >= 0.6 is 23.1 Å². The number of anilines is 1. The highest BCUT2D eigenvalue weighted by molar-refractivity contribution is 7.99. The number of aromatic nitrogens is 2. The van der Waals surface area contributed by atoms with Crippen LogP contribution in [0, 0.1) is 13.8 Å². The molecule has 9 nitrogen and oxygen atoms in total. The van der Waals surface area contributed by atoms with E-state index < -0.39 is 10.0 Å². The molecule has 0 radical (unpaired) electrons. The number of benzene rings is 1. The lowest BCUT2D eigenvalue weighted by Crippen LogP contribution is -2.26. The zero-order valence-corrected chi connectivity index (χ0v) is 18.6. The molecule has 12 heteroatoms. The maximum absolute atomic E-state index is 12.3. The zero-order chi connectivity index (χ0) is 21.9. The largest absolute Gasteiger partial charge is 0.395 e. The van der Waals surface area contributed by atoms with Gasteiger partial charge >= 0.3 is 0 Å². The molecule has 0 saturated heterocycles. The molecule has 0 atom stereocenters. The number of carbonyl (C=O) groups excluding carboxylic acids is 1. The van der Waals surface area contributed by atoms with Crippen LogP contribution in [0.25, 0.3) is 10.2 Å². The molecule has 0 fully saturated rings. The molecule has 160 valence electrons. The summed E-state index contributed by atoms with van der Waals surface area (Å²) < 4.78 is 26.2. The molecule has 30 heavy (non-hydrogen) atoms. The summed E-state index contributed by atoms with van der Waals surface area (Å²) in [5, 5.41) is 12.3. The third-order valence-corrected chi connectivity index (χ3v) is 7.66. The van der Waals surface area contributed by atoms with Crippen LogP contribution in [0.15, 0.2) is 39.1 Å². The minimum Gasteiger partial charge on any atom is -0.395 e. The first-order valence-corrected chi connectivity index (χ1v) is 12.1. The molecule has 0 aliphatic carbocycles. The van der Waals surface area contributed by atoms with E-state index in [4.69, 9.17) is 5.11 Å². The molecule has 0 bridgehead atoms. The molecule has 0 spiro atoms. The van der Waals surface area contributed by atoms with Gasteiger partial charge in [0.1, 0.15) is 4.83 Å². The Morgan fingerprint density at radius 2 is 1.97 bits per heavy atom. The van der Waals surface area contributed by atoms with Crippen LogP contribution in [-0.4, -0.2) is 48.3 Å². The van der Waals surface area contributed by atoms with Crippen molar-refractivity contribution >= 4 is 54.9 Å². The molecule has 1 aromatic carbocycles. The van der Waals surface area contributed by atoms with Crippen molar-refractivity contribution in [3.05, 3.63) is 45.1 Å². The van der Waals surface area contributed by atoms with Crippen LogP contribution in [0.2, 0.25) is 0 Å². The predicted octanol–water partition coefficient (Wildman–Crippen LogP) is 1.60. The standard InChI is InChI=1S/C18H20N4O5S3/c1-10-11(2)29-17-15(10)16(25)21-18(22-17)28-9-14(24)20-12-3-5-13(6-4-12)30(26,27)19-7-8-23/h3-6,19,23H,7-9H2,1-2H3,(H,20,24)(H,21,22,25). The summed E-state index contributed by atoms with van der Waals surface area (Å²) in [4.78, 5) is 33.3. The van der Waals surface area contributed by atoms with Gasteiger partial charge in [0.2, 0.25) is 15.9 Å². The van der Waals surface area contributed by atoms with E-state index in [1.807, 2.05) is 13.8 Å². The SMILES string of the molecule is Cc1sc2nc(SCC(=O)Nc3ccc(S(=O)(=O)NCCO)cc3)[nH]c(=O)c2c1C. The number of thioether (sulfide) groups is 1. The smallest absolute Gasteiger partial charge is 0.260 e. The number of hydrogen-bond acceptors (Lipinski definition) is 8. The second-order valence-corrected chi connectivity index (χ2v) is 10.3. The molecule has 0 aliphatic heterocycles. The first-order chi connectivity index (χ1) is 14.2. The normalized spacial score (nSPS) is 11.7. The van der Waals surface area contributed by atoms with Gasteiger partial charge in [0.15, 0.2) is 5.16 Å². The summed E-state index contributed by atoms with van der Waals surface area (Å²) in [6.45, 7) is 3.43. The third kappa shape index (κ3) is 5.08. The van der Waals surface area contributed by atoms with E-state index in [-0.39, 0.29) is 35.3 Å². The van der Waals surface area contributed by atoms with Crippen molar-refractivity contribution in [1.82, 2.24) is 14.7 Å². The van der Waals surface area contributed by atoms with Crippen LogP contribution in [-0.2, 0) is 14.8 Å². The Labute approximate surface area is 181 Å². The summed E-state index contributed by atoms with van der Waals surface area (Å²) in [6.07, 6.45) is 0. The van der Waals surface area contributed by atoms with Crippen LogP contribution in [0.5, 0.6) is 0 Å². The summed E-state index contributed by atoms with van der Waals surface area (Å²) in [5.74, 6) is -0.300. The number of fused-ring (bicyclic) bond motifs is 1. The number of aliphatic hydroxyl groups is 1. The maximum atomic E-state index is 12.3. The number of aryl methyl sites for hydroxylation is 2. The molecule has 0 aliphatic rings. The molecule has 0 saturated carbocycles. The fourth-order valence-electron chi connectivity index (χ4n) is 2.62. The Morgan fingerprint density at radius 1 is 1.27 bits per heavy atom. The second kappa shape index (κ2) is 9.27. The molecule has 1 amide bonds. The molecule has 3 aromatic rings. The number of aromatic amines is 1. The molecular formula is C18H20N4O5S3. The highest BCUT2D eigenvalue weighted by Crippen LogP contribution is 2.27. The number of rotatable bonds is 8. The van der Waals surface area contributed by atoms with Gasteiger partial charge in [0.05, 0.1) is 22.6 Å². The lowest BCUT2D eigenvalue weighted by Gasteiger charge is -2.08. The summed E-state index contributed by atoms with van der Waals surface area (Å²) in [5.41, 5.74) is 1.12. The molecule has 2 heterocycles. The number of nitrogens with zero attached hydrogens (tertiary/aromatic N) is 1. The lowest BCUT2D eigenvalue weighted by molar-refractivity contribution is -0.113. The monoisotopic (exact) mass is 468 g/mol. The average Bonchev–Trinajstić information content (AvgIpc) is 2.99. The number of carbonyl (C=O) groups is 1. The van der Waals surface area contributed by atoms with Crippen molar-refractivity contribution in [2.45, 2.75) is 23.9 Å². The fraction of sp³-hybridized carbons (Fsp3) is 0.278. The van der Waals surface area contributed by atoms with Crippen molar-refractivity contribution in [2.75, 3.05) is 24.2 Å². The first kappa shape index (κ1) is 22.4. The van der Waals surface area contributed by atoms with Crippen LogP contribution in [0.4, 0.5) is 5.69 Å². The molecule has 0 unspecified atom stereocenters. The van der Waals surface area contributed by atoms with Crippen molar-refractivity contribution in [3.63, 3.8) is 0 Å². The Balaban J connectivity index is 1.62. The quantitative estimate of drug-likeness (QED) is 0.291. The summed E-state index contributed by atoms with van der Waals surface area (Å²) in [6, 6.07) is 5.66. The van der Waals surface area contributed by atoms with Gasteiger partial charge in [0.25, 0.3) is 5.56 Å². The van der Waals surface area contributed by atoms with Gasteiger partial charge in [0, 0.05) is 17.1 Å². The highest BCUT2D eigenvalue weighted by atomic mass is 32.2. The number of H-pyrrole nitrogens is 1. The number of sulfonamides is 1. The zero-order valence-electron chi connectivity index (χ0n) is 16.2. The van der Waals surface area contributed by atoms with E-state index in [1.165, 1.54) is 35.6 Å². The van der Waals surface area contributed by atoms with E-state index in [2.05, 4.69) is 20.0 Å². The summed E-state index contributed by atoms with van der Waals surface area (Å²) in [7, 11) is -3.71. The maximum Gasteiger partial charge on any atom is 0.260 e. The fourth-order valence-corrected chi connectivity index (χ4v) is 5.38. The van der Waals surface area contributed by atoms with Gasteiger partial charge in [-0.2, -0.15) is 0 Å². The van der Waals surface area contributed by atoms with E-state index in [9.17, 15) is 18.0 Å². The van der Waals surface area contributed by atoms with E-state index in [1.54, 1.807) is 0 Å². The first-order valence-electron chi connectivity index (χ1n) is 8.84. The minimum absolute atomic E-state index is 0.0237. The number of hydrogen-bond donors (Lipinski definition) is 4. The van der Waals surface area contributed by atoms with Gasteiger partial charge in [-0.15, -0.1) is 11.3 Å². The van der Waals surface area contributed by atoms with Gasteiger partial charge in [-0.25, -0.2) is 18.1 Å². The van der Waals surface area contributed by atoms with Gasteiger partial charge in [-0.1, -0.05) is 11.8 Å². The molecular weight excluding hydrogens is 448 g/mol. The van der Waals surface area contributed by atoms with Crippen molar-refractivity contribution in [1.29, 1.82) is 0 Å².